The van der Waals surface area contributed by atoms with Crippen molar-refractivity contribution in [2.45, 2.75) is 10.8 Å². The van der Waals surface area contributed by atoms with Crippen molar-refractivity contribution in [3.05, 3.63) is 36.3 Å². The van der Waals surface area contributed by atoms with Crippen molar-refractivity contribution in [2.24, 2.45) is 5.14 Å². The second-order valence-corrected chi connectivity index (χ2v) is 5.91. The molecule has 1 fully saturated rings. The lowest BCUT2D eigenvalue weighted by Crippen LogP contribution is -2.25. The van der Waals surface area contributed by atoms with Crippen LogP contribution in [0.4, 0.5) is 0 Å². The van der Waals surface area contributed by atoms with Gasteiger partial charge in [-0.3, -0.25) is 0 Å². The summed E-state index contributed by atoms with van der Waals surface area (Å²) in [6.45, 7) is 1.40. The number of rotatable bonds is 3. The minimum absolute atomic E-state index is 0.0355. The number of primary sulfonamides is 1. The highest BCUT2D eigenvalue weighted by Crippen LogP contribution is 2.24. The molecule has 7 nitrogen and oxygen atoms in total. The van der Waals surface area contributed by atoms with E-state index < -0.39 is 10.0 Å². The van der Waals surface area contributed by atoms with E-state index in [0.717, 1.165) is 5.56 Å². The van der Waals surface area contributed by atoms with Gasteiger partial charge in [-0.25, -0.2) is 23.2 Å². The van der Waals surface area contributed by atoms with Gasteiger partial charge in [-0.1, -0.05) is 0 Å². The predicted molar refractivity (Wildman–Crippen MR) is 66.3 cm³/mol. The largest absolute Gasteiger partial charge is 0.380 e. The lowest BCUT2D eigenvalue weighted by atomic mass is 9.99. The van der Waals surface area contributed by atoms with Gasteiger partial charge < -0.3 is 4.74 Å². The predicted octanol–water partition coefficient (Wildman–Crippen LogP) is 0.0285. The summed E-state index contributed by atoms with van der Waals surface area (Å²) in [7, 11) is -3.74. The van der Waals surface area contributed by atoms with E-state index in [9.17, 15) is 8.42 Å². The zero-order valence-electron chi connectivity index (χ0n) is 9.93. The molecule has 19 heavy (non-hydrogen) atoms. The molecular weight excluding hydrogens is 268 g/mol. The van der Waals surface area contributed by atoms with Gasteiger partial charge in [0, 0.05) is 12.1 Å². The molecule has 3 heterocycles. The summed E-state index contributed by atoms with van der Waals surface area (Å²) in [5.41, 5.74) is 1.10. The number of ether oxygens (including phenoxy) is 1. The Labute approximate surface area is 110 Å². The highest BCUT2D eigenvalue weighted by Gasteiger charge is 2.21. The molecule has 0 amide bonds. The first kappa shape index (κ1) is 12.3. The average molecular weight is 280 g/mol. The van der Waals surface area contributed by atoms with E-state index in [1.807, 2.05) is 12.1 Å². The van der Waals surface area contributed by atoms with Gasteiger partial charge in [-0.2, -0.15) is 5.10 Å². The fourth-order valence-electron chi connectivity index (χ4n) is 1.82. The van der Waals surface area contributed by atoms with Gasteiger partial charge in [0.15, 0.2) is 5.82 Å². The van der Waals surface area contributed by atoms with Crippen LogP contribution in [0.1, 0.15) is 11.5 Å². The monoisotopic (exact) mass is 280 g/mol. The van der Waals surface area contributed by atoms with Crippen molar-refractivity contribution in [1.82, 2.24) is 14.8 Å². The van der Waals surface area contributed by atoms with Gasteiger partial charge in [0.05, 0.1) is 25.6 Å². The minimum atomic E-state index is -3.74. The van der Waals surface area contributed by atoms with Crippen molar-refractivity contribution in [3.63, 3.8) is 0 Å². The molecule has 0 radical (unpaired) electrons. The molecule has 2 N–H and O–H groups in total. The van der Waals surface area contributed by atoms with E-state index in [-0.39, 0.29) is 4.90 Å². The lowest BCUT2D eigenvalue weighted by Gasteiger charge is -2.26. The molecule has 1 saturated heterocycles. The van der Waals surface area contributed by atoms with Gasteiger partial charge in [-0.05, 0) is 17.7 Å². The molecule has 0 unspecified atom stereocenters. The molecule has 1 aliphatic rings. The average Bonchev–Trinajstić information content (AvgIpc) is 2.75. The molecule has 0 aromatic carbocycles. The summed E-state index contributed by atoms with van der Waals surface area (Å²) in [4.78, 5) is 4.13. The van der Waals surface area contributed by atoms with Gasteiger partial charge in [-0.15, -0.1) is 0 Å². The van der Waals surface area contributed by atoms with E-state index in [0.29, 0.717) is 24.9 Å². The van der Waals surface area contributed by atoms with Gasteiger partial charge >= 0.3 is 0 Å². The molecule has 1 aliphatic heterocycles. The van der Waals surface area contributed by atoms with Crippen molar-refractivity contribution in [1.29, 1.82) is 0 Å². The smallest absolute Gasteiger partial charge is 0.241 e. The first-order chi connectivity index (χ1) is 9.04. The Bertz CT molecular complexity index is 706. The molecule has 8 heteroatoms. The molecule has 0 spiro atoms. The Hall–Kier alpha value is -1.77. The Balaban J connectivity index is 1.95. The number of nitrogens with two attached hydrogens (primary N) is 1. The second kappa shape index (κ2) is 4.41. The molecule has 100 valence electrons. The molecule has 0 bridgehead atoms. The van der Waals surface area contributed by atoms with Crippen LogP contribution >= 0.6 is 0 Å². The Kier molecular flexibility index (Phi) is 2.85. The van der Waals surface area contributed by atoms with Crippen LogP contribution in [-0.2, 0) is 14.8 Å². The van der Waals surface area contributed by atoms with Crippen molar-refractivity contribution >= 4 is 10.0 Å². The van der Waals surface area contributed by atoms with Crippen LogP contribution in [0.5, 0.6) is 0 Å². The van der Waals surface area contributed by atoms with Gasteiger partial charge in [0.25, 0.3) is 0 Å². The Morgan fingerprint density at radius 3 is 2.79 bits per heavy atom. The topological polar surface area (TPSA) is 100 Å². The van der Waals surface area contributed by atoms with Gasteiger partial charge in [0.2, 0.25) is 10.0 Å². The highest BCUT2D eigenvalue weighted by molar-refractivity contribution is 7.89. The zero-order valence-corrected chi connectivity index (χ0v) is 10.7. The number of aromatic nitrogens is 3. The van der Waals surface area contributed by atoms with Crippen LogP contribution in [0.3, 0.4) is 0 Å². The Morgan fingerprint density at radius 2 is 2.21 bits per heavy atom. The first-order valence-electron chi connectivity index (χ1n) is 5.65. The summed E-state index contributed by atoms with van der Waals surface area (Å²) in [6.07, 6.45) is 4.22. The summed E-state index contributed by atoms with van der Waals surface area (Å²) < 4.78 is 28.9. The SMILES string of the molecule is NS(=O)(=O)c1cnn(-c2cc(C3COC3)ccn2)c1. The first-order valence-corrected chi connectivity index (χ1v) is 7.20. The summed E-state index contributed by atoms with van der Waals surface area (Å²) in [6, 6.07) is 3.79. The third-order valence-corrected chi connectivity index (χ3v) is 3.87. The number of nitrogens with zero attached hydrogens (tertiary/aromatic N) is 3. The third kappa shape index (κ3) is 2.37. The standard InChI is InChI=1S/C11H12N4O3S/c12-19(16,17)10-4-14-15(5-10)11-3-8(1-2-13-11)9-6-18-7-9/h1-5,9H,6-7H2,(H2,12,16,17). The summed E-state index contributed by atoms with van der Waals surface area (Å²) >= 11 is 0. The molecule has 0 aliphatic carbocycles. The van der Waals surface area contributed by atoms with E-state index in [1.165, 1.54) is 17.1 Å². The maximum atomic E-state index is 11.2. The number of pyridine rings is 1. The van der Waals surface area contributed by atoms with E-state index >= 15 is 0 Å². The summed E-state index contributed by atoms with van der Waals surface area (Å²) in [5.74, 6) is 0.925. The molecule has 0 saturated carbocycles. The minimum Gasteiger partial charge on any atom is -0.380 e. The highest BCUT2D eigenvalue weighted by atomic mass is 32.2. The van der Waals surface area contributed by atoms with Crippen LogP contribution in [0.15, 0.2) is 35.6 Å². The van der Waals surface area contributed by atoms with Crippen LogP contribution in [0, 0.1) is 0 Å². The maximum Gasteiger partial charge on any atom is 0.241 e. The molecule has 3 rings (SSSR count). The fourth-order valence-corrected chi connectivity index (χ4v) is 2.26. The number of hydrogen-bond donors (Lipinski definition) is 1. The molecular formula is C11H12N4O3S. The number of sulfonamides is 1. The van der Waals surface area contributed by atoms with Gasteiger partial charge in [0.1, 0.15) is 4.90 Å². The van der Waals surface area contributed by atoms with Crippen LogP contribution in [0.25, 0.3) is 5.82 Å². The zero-order chi connectivity index (χ0) is 13.5. The van der Waals surface area contributed by atoms with Crippen LogP contribution in [-0.4, -0.2) is 36.4 Å². The van der Waals surface area contributed by atoms with Crippen molar-refractivity contribution in [2.75, 3.05) is 13.2 Å². The fraction of sp³-hybridized carbons (Fsp3) is 0.273. The van der Waals surface area contributed by atoms with Crippen LogP contribution in [0.2, 0.25) is 0 Å². The molecule has 2 aromatic rings. The molecule has 0 atom stereocenters. The number of hydrogen-bond acceptors (Lipinski definition) is 5. The molecule has 2 aromatic heterocycles. The Morgan fingerprint density at radius 1 is 1.42 bits per heavy atom. The third-order valence-electron chi connectivity index (χ3n) is 3.00. The van der Waals surface area contributed by atoms with Crippen molar-refractivity contribution in [3.8, 4) is 5.82 Å². The summed E-state index contributed by atoms with van der Waals surface area (Å²) in [5, 5.41) is 9.00. The lowest BCUT2D eigenvalue weighted by molar-refractivity contribution is 0.00839. The van der Waals surface area contributed by atoms with Crippen LogP contribution < -0.4 is 5.14 Å². The van der Waals surface area contributed by atoms with E-state index in [2.05, 4.69) is 10.1 Å². The van der Waals surface area contributed by atoms with Crippen molar-refractivity contribution < 1.29 is 13.2 Å². The van der Waals surface area contributed by atoms with E-state index in [1.54, 1.807) is 6.20 Å². The van der Waals surface area contributed by atoms with E-state index in [4.69, 9.17) is 9.88 Å². The quantitative estimate of drug-likeness (QED) is 0.854. The normalized spacial score (nSPS) is 16.3. The maximum absolute atomic E-state index is 11.2. The second-order valence-electron chi connectivity index (χ2n) is 4.35.